The van der Waals surface area contributed by atoms with Gasteiger partial charge < -0.3 is 0 Å². The zero-order valence-electron chi connectivity index (χ0n) is 11.6. The highest BCUT2D eigenvalue weighted by Crippen LogP contribution is 2.28. The van der Waals surface area contributed by atoms with E-state index in [1.807, 2.05) is 41.1 Å². The van der Waals surface area contributed by atoms with Crippen LogP contribution < -0.4 is 5.01 Å². The molecule has 3 aromatic rings. The molecule has 0 aliphatic heterocycles. The molecule has 0 atom stereocenters. The summed E-state index contributed by atoms with van der Waals surface area (Å²) in [5.74, 6) is 0.00327. The molecule has 0 spiro atoms. The molecule has 1 heterocycles. The maximum Gasteiger partial charge on any atom is 0.238 e. The minimum absolute atomic E-state index is 0.00327. The third-order valence-corrected chi connectivity index (χ3v) is 3.51. The second-order valence-corrected chi connectivity index (χ2v) is 4.81. The van der Waals surface area contributed by atoms with Gasteiger partial charge in [0.25, 0.3) is 0 Å². The Morgan fingerprint density at radius 3 is 2.35 bits per heavy atom. The van der Waals surface area contributed by atoms with E-state index in [2.05, 4.69) is 24.3 Å². The normalized spacial score (nSPS) is 10.7. The summed E-state index contributed by atoms with van der Waals surface area (Å²) in [4.78, 5) is 11.8. The van der Waals surface area contributed by atoms with E-state index in [0.717, 1.165) is 22.2 Å². The molecule has 3 heteroatoms. The van der Waals surface area contributed by atoms with Crippen LogP contribution in [0.1, 0.15) is 6.92 Å². The number of carbonyl (C=O) groups excluding carboxylic acids is 1. The fourth-order valence-electron chi connectivity index (χ4n) is 2.42. The predicted octanol–water partition coefficient (Wildman–Crippen LogP) is 3.42. The molecule has 0 bridgehead atoms. The number of hydrogen-bond donors (Lipinski definition) is 0. The van der Waals surface area contributed by atoms with Crippen LogP contribution in [0.15, 0.2) is 60.7 Å². The van der Waals surface area contributed by atoms with Gasteiger partial charge in [0.15, 0.2) is 0 Å². The first-order valence-electron chi connectivity index (χ1n) is 6.59. The second kappa shape index (κ2) is 4.85. The van der Waals surface area contributed by atoms with Crippen molar-refractivity contribution in [1.82, 2.24) is 4.68 Å². The molecule has 0 aliphatic rings. The summed E-state index contributed by atoms with van der Waals surface area (Å²) in [5, 5.41) is 2.77. The number of amides is 1. The molecular formula is C17H16N2O. The molecule has 0 saturated carbocycles. The molecular weight excluding hydrogens is 248 g/mol. The van der Waals surface area contributed by atoms with Crippen LogP contribution in [-0.4, -0.2) is 17.6 Å². The van der Waals surface area contributed by atoms with E-state index in [4.69, 9.17) is 0 Å². The van der Waals surface area contributed by atoms with Gasteiger partial charge in [0.05, 0.1) is 11.2 Å². The maximum atomic E-state index is 11.8. The molecule has 0 N–H and O–H groups in total. The molecule has 20 heavy (non-hydrogen) atoms. The van der Waals surface area contributed by atoms with Gasteiger partial charge in [-0.2, -0.15) is 0 Å². The molecule has 1 amide bonds. The number of para-hydroxylation sites is 1. The van der Waals surface area contributed by atoms with Crippen LogP contribution in [0.25, 0.3) is 22.2 Å². The van der Waals surface area contributed by atoms with Gasteiger partial charge in [-0.15, -0.1) is 0 Å². The Balaban J connectivity index is 2.31. The summed E-state index contributed by atoms with van der Waals surface area (Å²) in [7, 11) is 1.79. The maximum absolute atomic E-state index is 11.8. The number of rotatable bonds is 2. The topological polar surface area (TPSA) is 25.2 Å². The minimum Gasteiger partial charge on any atom is -0.273 e. The van der Waals surface area contributed by atoms with Crippen LogP contribution >= 0.6 is 0 Å². The van der Waals surface area contributed by atoms with Gasteiger partial charge in [0.2, 0.25) is 5.91 Å². The van der Waals surface area contributed by atoms with Crippen molar-refractivity contribution >= 4 is 16.8 Å². The van der Waals surface area contributed by atoms with Crippen molar-refractivity contribution in [3.8, 4) is 11.3 Å². The van der Waals surface area contributed by atoms with E-state index < -0.39 is 0 Å². The van der Waals surface area contributed by atoms with E-state index >= 15 is 0 Å². The fraction of sp³-hybridized carbons (Fsp3) is 0.118. The molecule has 1 aromatic heterocycles. The summed E-state index contributed by atoms with van der Waals surface area (Å²) in [6, 6.07) is 20.3. The zero-order valence-corrected chi connectivity index (χ0v) is 11.6. The lowest BCUT2D eigenvalue weighted by molar-refractivity contribution is -0.117. The zero-order chi connectivity index (χ0) is 14.1. The molecule has 3 rings (SSSR count). The predicted molar refractivity (Wildman–Crippen MR) is 82.2 cm³/mol. The number of nitrogens with zero attached hydrogens (tertiary/aromatic N) is 2. The molecule has 0 radical (unpaired) electrons. The van der Waals surface area contributed by atoms with Crippen molar-refractivity contribution in [3.63, 3.8) is 0 Å². The Morgan fingerprint density at radius 2 is 1.65 bits per heavy atom. The van der Waals surface area contributed by atoms with Crippen LogP contribution in [0.3, 0.4) is 0 Å². The van der Waals surface area contributed by atoms with E-state index in [9.17, 15) is 4.79 Å². The summed E-state index contributed by atoms with van der Waals surface area (Å²) in [6.07, 6.45) is 0. The lowest BCUT2D eigenvalue weighted by Gasteiger charge is -2.21. The van der Waals surface area contributed by atoms with E-state index in [-0.39, 0.29) is 5.91 Å². The third kappa shape index (κ3) is 1.97. The standard InChI is InChI=1S/C17H16N2O/c1-13(20)18(2)19-16-11-7-6-10-15(16)12-17(19)14-8-4-3-5-9-14/h3-12H,1-2H3. The molecule has 2 aromatic carbocycles. The Morgan fingerprint density at radius 1 is 1.00 bits per heavy atom. The van der Waals surface area contributed by atoms with Gasteiger partial charge in [0, 0.05) is 24.9 Å². The highest BCUT2D eigenvalue weighted by molar-refractivity contribution is 5.92. The van der Waals surface area contributed by atoms with Gasteiger partial charge in [-0.25, -0.2) is 0 Å². The largest absolute Gasteiger partial charge is 0.273 e. The van der Waals surface area contributed by atoms with Crippen LogP contribution in [0.4, 0.5) is 0 Å². The average Bonchev–Trinajstić information content (AvgIpc) is 2.86. The molecule has 0 unspecified atom stereocenters. The lowest BCUT2D eigenvalue weighted by Crippen LogP contribution is -2.34. The summed E-state index contributed by atoms with van der Waals surface area (Å²) >= 11 is 0. The van der Waals surface area contributed by atoms with Crippen LogP contribution in [-0.2, 0) is 4.79 Å². The SMILES string of the molecule is CC(=O)N(C)n1c(-c2ccccc2)cc2ccccc21. The second-order valence-electron chi connectivity index (χ2n) is 4.81. The average molecular weight is 264 g/mol. The smallest absolute Gasteiger partial charge is 0.238 e. The van der Waals surface area contributed by atoms with Crippen molar-refractivity contribution in [2.45, 2.75) is 6.92 Å². The summed E-state index contributed by atoms with van der Waals surface area (Å²) in [6.45, 7) is 1.57. The first kappa shape index (κ1) is 12.5. The monoisotopic (exact) mass is 264 g/mol. The first-order valence-corrected chi connectivity index (χ1v) is 6.59. The van der Waals surface area contributed by atoms with E-state index in [0.29, 0.717) is 0 Å². The molecule has 100 valence electrons. The van der Waals surface area contributed by atoms with E-state index in [1.54, 1.807) is 19.0 Å². The van der Waals surface area contributed by atoms with Crippen molar-refractivity contribution < 1.29 is 4.79 Å². The van der Waals surface area contributed by atoms with E-state index in [1.165, 1.54) is 0 Å². The number of fused-ring (bicyclic) bond motifs is 1. The molecule has 0 fully saturated rings. The van der Waals surface area contributed by atoms with Gasteiger partial charge in [0.1, 0.15) is 0 Å². The highest BCUT2D eigenvalue weighted by atomic mass is 16.2. The molecule has 0 aliphatic carbocycles. The Labute approximate surface area is 118 Å². The first-order chi connectivity index (χ1) is 9.68. The highest BCUT2D eigenvalue weighted by Gasteiger charge is 2.15. The Bertz CT molecular complexity index is 759. The number of carbonyl (C=O) groups is 1. The van der Waals surface area contributed by atoms with Crippen molar-refractivity contribution in [2.75, 3.05) is 12.1 Å². The van der Waals surface area contributed by atoms with Crippen LogP contribution in [0.5, 0.6) is 0 Å². The Hall–Kier alpha value is -2.55. The van der Waals surface area contributed by atoms with Crippen molar-refractivity contribution in [2.24, 2.45) is 0 Å². The summed E-state index contributed by atoms with van der Waals surface area (Å²) in [5.41, 5.74) is 3.14. The number of hydrogen-bond acceptors (Lipinski definition) is 1. The quantitative estimate of drug-likeness (QED) is 0.696. The van der Waals surface area contributed by atoms with Crippen molar-refractivity contribution in [1.29, 1.82) is 0 Å². The van der Waals surface area contributed by atoms with Gasteiger partial charge in [-0.05, 0) is 12.1 Å². The lowest BCUT2D eigenvalue weighted by atomic mass is 10.1. The van der Waals surface area contributed by atoms with Crippen LogP contribution in [0, 0.1) is 0 Å². The van der Waals surface area contributed by atoms with Gasteiger partial charge >= 0.3 is 0 Å². The Kier molecular flexibility index (Phi) is 3.03. The third-order valence-electron chi connectivity index (χ3n) is 3.51. The number of aromatic nitrogens is 1. The molecule has 0 saturated heterocycles. The fourth-order valence-corrected chi connectivity index (χ4v) is 2.42. The minimum atomic E-state index is 0.00327. The molecule has 3 nitrogen and oxygen atoms in total. The van der Waals surface area contributed by atoms with Gasteiger partial charge in [-0.1, -0.05) is 48.5 Å². The summed E-state index contributed by atoms with van der Waals surface area (Å²) < 4.78 is 1.97. The van der Waals surface area contributed by atoms with Crippen LogP contribution in [0.2, 0.25) is 0 Å². The van der Waals surface area contributed by atoms with Crippen molar-refractivity contribution in [3.05, 3.63) is 60.7 Å². The van der Waals surface area contributed by atoms with Gasteiger partial charge in [-0.3, -0.25) is 14.5 Å². The number of benzene rings is 2.